The van der Waals surface area contributed by atoms with Crippen LogP contribution in [0.1, 0.15) is 38.5 Å². The van der Waals surface area contributed by atoms with Gasteiger partial charge >= 0.3 is 0 Å². The van der Waals surface area contributed by atoms with Crippen molar-refractivity contribution in [3.63, 3.8) is 0 Å². The van der Waals surface area contributed by atoms with Crippen molar-refractivity contribution in [2.75, 3.05) is 38.7 Å². The number of nitrogens with zero attached hydrogens (tertiary/aromatic N) is 2. The third-order valence-electron chi connectivity index (χ3n) is 9.97. The van der Waals surface area contributed by atoms with Gasteiger partial charge in [0.25, 0.3) is 0 Å². The predicted molar refractivity (Wildman–Crippen MR) is 161 cm³/mol. The molecule has 9 unspecified atom stereocenters. The molecule has 9 N–H and O–H groups in total. The van der Waals surface area contributed by atoms with Crippen molar-refractivity contribution in [1.29, 1.82) is 0 Å². The first-order valence-corrected chi connectivity index (χ1v) is 17.5. The van der Waals surface area contributed by atoms with E-state index < -0.39 is 5.92 Å². The van der Waals surface area contributed by atoms with Crippen LogP contribution in [-0.4, -0.2) is 113 Å². The van der Waals surface area contributed by atoms with Crippen LogP contribution < -0.4 is 38.3 Å². The minimum Gasteiger partial charge on any atom is -0.474 e. The predicted octanol–water partition coefficient (Wildman–Crippen LogP) is -1.46. The molecular weight excluding hydrogens is 578 g/mol. The van der Waals surface area contributed by atoms with Crippen LogP contribution in [0.4, 0.5) is 0 Å². The maximum absolute atomic E-state index is 13.1. The molecule has 1 saturated carbocycles. The molecule has 0 aromatic heterocycles. The quantitative estimate of drug-likeness (QED) is 0.175. The number of nitrogens with two attached hydrogens (primary N) is 2. The zero-order valence-corrected chi connectivity index (χ0v) is 25.5. The first-order chi connectivity index (χ1) is 20.5. The number of amides is 1. The Bertz CT molecular complexity index is 1050. The standard InChI is InChI=1S/C27H45N9O4S2/c28-15-3-1-2-4-16(15)31-27-33-25(21(24(29)38)26-34-30-13-36(26)27)32-19-6-5-18(42-19)14-12-41-23-17(37)11-20(40-22(14)23)35-7-9-39-10-8-35/h11,14-16,18-19,21-23,25-27,30-34H,1-10,12-13,28H2,(H2,29,38)/t14?,15-,16+,18?,19?,21?,22?,23?,25?,26?,27?/m1/s1. The molecule has 11 atom stereocenters. The number of nitrogens with one attached hydrogen (secondary N) is 5. The van der Waals surface area contributed by atoms with E-state index in [1.807, 2.05) is 11.8 Å². The van der Waals surface area contributed by atoms with Gasteiger partial charge in [-0.05, 0) is 25.7 Å². The number of morpholine rings is 1. The molecule has 6 aliphatic heterocycles. The van der Waals surface area contributed by atoms with Crippen LogP contribution >= 0.6 is 23.5 Å². The van der Waals surface area contributed by atoms with Crippen molar-refractivity contribution in [3.8, 4) is 0 Å². The summed E-state index contributed by atoms with van der Waals surface area (Å²) in [4.78, 5) is 30.2. The highest BCUT2D eigenvalue weighted by atomic mass is 32.2. The minimum absolute atomic E-state index is 0.108. The van der Waals surface area contributed by atoms with Crippen molar-refractivity contribution in [2.24, 2.45) is 23.3 Å². The highest BCUT2D eigenvalue weighted by molar-refractivity contribution is 8.01. The number of allylic oxidation sites excluding steroid dienone is 1. The molecule has 7 rings (SSSR count). The first-order valence-electron chi connectivity index (χ1n) is 15.6. The van der Waals surface area contributed by atoms with E-state index in [4.69, 9.17) is 20.9 Å². The van der Waals surface area contributed by atoms with Gasteiger partial charge in [-0.2, -0.15) is 0 Å². The monoisotopic (exact) mass is 623 g/mol. The van der Waals surface area contributed by atoms with Crippen molar-refractivity contribution < 1.29 is 19.1 Å². The summed E-state index contributed by atoms with van der Waals surface area (Å²) in [6.07, 6.45) is 7.32. The Morgan fingerprint density at radius 3 is 2.76 bits per heavy atom. The SMILES string of the molecule is NC(=O)C1C(NC2CCC(C3CSC4C(=O)C=C(N5CCOCC5)OC43)S2)NC(N[C@H]2CCCC[C@H]2N)N2CNNC12. The van der Waals surface area contributed by atoms with Gasteiger partial charge in [0.1, 0.15) is 17.6 Å². The van der Waals surface area contributed by atoms with E-state index >= 15 is 0 Å². The summed E-state index contributed by atoms with van der Waals surface area (Å²) < 4.78 is 12.1. The van der Waals surface area contributed by atoms with Gasteiger partial charge in [-0.15, -0.1) is 23.5 Å². The van der Waals surface area contributed by atoms with Crippen molar-refractivity contribution in [3.05, 3.63) is 12.0 Å². The van der Waals surface area contributed by atoms with Crippen molar-refractivity contribution in [2.45, 2.75) is 91.2 Å². The van der Waals surface area contributed by atoms with E-state index in [-0.39, 0.29) is 65.0 Å². The lowest BCUT2D eigenvalue weighted by molar-refractivity contribution is -0.130. The fraction of sp³-hybridized carbons (Fsp3) is 0.852. The third kappa shape index (κ3) is 5.82. The Kier molecular flexibility index (Phi) is 8.94. The zero-order valence-electron chi connectivity index (χ0n) is 23.9. The summed E-state index contributed by atoms with van der Waals surface area (Å²) in [5.74, 6) is 1.28. The Balaban J connectivity index is 1.01. The second-order valence-corrected chi connectivity index (χ2v) is 15.1. The van der Waals surface area contributed by atoms with Crippen LogP contribution in [0.5, 0.6) is 0 Å². The molecule has 234 valence electrons. The number of hydrogen-bond acceptors (Lipinski definition) is 14. The smallest absolute Gasteiger partial charge is 0.226 e. The summed E-state index contributed by atoms with van der Waals surface area (Å²) in [6.45, 7) is 3.40. The molecule has 1 aliphatic carbocycles. The lowest BCUT2D eigenvalue weighted by Gasteiger charge is -2.48. The van der Waals surface area contributed by atoms with Crippen LogP contribution in [0.3, 0.4) is 0 Å². The van der Waals surface area contributed by atoms with Gasteiger partial charge in [-0.25, -0.2) is 15.8 Å². The Hall–Kier alpha value is -1.14. The fourth-order valence-corrected chi connectivity index (χ4v) is 11.0. The molecule has 5 saturated heterocycles. The molecule has 0 bridgehead atoms. The number of carbonyl (C=O) groups excluding carboxylic acids is 2. The average Bonchev–Trinajstić information content (AvgIpc) is 3.75. The van der Waals surface area contributed by atoms with E-state index in [9.17, 15) is 9.59 Å². The number of ether oxygens (including phenoxy) is 2. The number of ketones is 1. The summed E-state index contributed by atoms with van der Waals surface area (Å²) in [7, 11) is 0. The molecule has 7 aliphatic rings. The number of fused-ring (bicyclic) bond motifs is 2. The highest BCUT2D eigenvalue weighted by Gasteiger charge is 2.52. The lowest BCUT2D eigenvalue weighted by Crippen LogP contribution is -2.76. The topological polar surface area (TPSA) is 171 Å². The van der Waals surface area contributed by atoms with Gasteiger partial charge in [0.2, 0.25) is 5.91 Å². The summed E-state index contributed by atoms with van der Waals surface area (Å²) in [5.41, 5.74) is 19.0. The first kappa shape index (κ1) is 29.6. The number of rotatable bonds is 7. The zero-order chi connectivity index (χ0) is 28.8. The Morgan fingerprint density at radius 1 is 1.12 bits per heavy atom. The van der Waals surface area contributed by atoms with Gasteiger partial charge in [0.05, 0.1) is 43.5 Å². The van der Waals surface area contributed by atoms with Crippen LogP contribution in [0, 0.1) is 11.8 Å². The summed E-state index contributed by atoms with van der Waals surface area (Å²) in [6, 6.07) is 0.338. The second-order valence-electron chi connectivity index (χ2n) is 12.5. The average molecular weight is 624 g/mol. The molecule has 15 heteroatoms. The molecule has 0 aromatic rings. The van der Waals surface area contributed by atoms with Crippen LogP contribution in [0.15, 0.2) is 12.0 Å². The van der Waals surface area contributed by atoms with E-state index in [1.165, 1.54) is 12.8 Å². The maximum Gasteiger partial charge on any atom is 0.226 e. The van der Waals surface area contributed by atoms with E-state index in [0.29, 0.717) is 31.0 Å². The molecule has 0 radical (unpaired) electrons. The van der Waals surface area contributed by atoms with Gasteiger partial charge in [0, 0.05) is 48.2 Å². The largest absolute Gasteiger partial charge is 0.474 e. The highest BCUT2D eigenvalue weighted by Crippen LogP contribution is 2.48. The number of thioether (sulfide) groups is 2. The van der Waals surface area contributed by atoms with Crippen LogP contribution in [0.25, 0.3) is 0 Å². The molecule has 0 spiro atoms. The van der Waals surface area contributed by atoms with Crippen molar-refractivity contribution >= 4 is 35.2 Å². The normalized spacial score (nSPS) is 44.4. The van der Waals surface area contributed by atoms with E-state index in [2.05, 4.69) is 36.6 Å². The minimum atomic E-state index is -0.468. The maximum atomic E-state index is 13.1. The number of hydrogen-bond donors (Lipinski definition) is 7. The van der Waals surface area contributed by atoms with Crippen molar-refractivity contribution in [1.82, 2.24) is 36.6 Å². The molecule has 6 heterocycles. The Morgan fingerprint density at radius 2 is 1.95 bits per heavy atom. The Labute approximate surface area is 255 Å². The van der Waals surface area contributed by atoms with Gasteiger partial charge in [-0.1, -0.05) is 12.8 Å². The van der Waals surface area contributed by atoms with Gasteiger partial charge < -0.3 is 25.8 Å². The van der Waals surface area contributed by atoms with E-state index in [0.717, 1.165) is 44.5 Å². The molecular formula is C27H45N9O4S2. The molecule has 6 fully saturated rings. The summed E-state index contributed by atoms with van der Waals surface area (Å²) >= 11 is 3.66. The second kappa shape index (κ2) is 12.7. The van der Waals surface area contributed by atoms with Gasteiger partial charge in [0.15, 0.2) is 11.7 Å². The third-order valence-corrected chi connectivity index (χ3v) is 13.0. The number of carbonyl (C=O) groups is 2. The molecule has 1 amide bonds. The summed E-state index contributed by atoms with van der Waals surface area (Å²) in [5, 5.41) is 11.6. The molecule has 13 nitrogen and oxygen atoms in total. The lowest BCUT2D eigenvalue weighted by atomic mass is 9.90. The van der Waals surface area contributed by atoms with Crippen LogP contribution in [0.2, 0.25) is 0 Å². The molecule has 0 aromatic carbocycles. The number of hydrazine groups is 1. The van der Waals surface area contributed by atoms with Crippen LogP contribution in [-0.2, 0) is 19.1 Å². The fourth-order valence-electron chi connectivity index (χ4n) is 7.68. The molecule has 42 heavy (non-hydrogen) atoms. The van der Waals surface area contributed by atoms with Gasteiger partial charge in [-0.3, -0.25) is 25.5 Å². The van der Waals surface area contributed by atoms with E-state index in [1.54, 1.807) is 17.8 Å². The number of primary amides is 1.